The third kappa shape index (κ3) is 2.38. The van der Waals surface area contributed by atoms with E-state index in [-0.39, 0.29) is 6.10 Å². The summed E-state index contributed by atoms with van der Waals surface area (Å²) in [5, 5.41) is 4.05. The van der Waals surface area contributed by atoms with E-state index < -0.39 is 0 Å². The molecule has 0 bridgehead atoms. The van der Waals surface area contributed by atoms with Gasteiger partial charge in [-0.15, -0.1) is 5.10 Å². The maximum absolute atomic E-state index is 5.67. The second-order valence-corrected chi connectivity index (χ2v) is 3.45. The molecule has 1 aromatic carbocycles. The Hall–Kier alpha value is -1.88. The molecule has 0 fully saturated rings. The Morgan fingerprint density at radius 2 is 2.12 bits per heavy atom. The van der Waals surface area contributed by atoms with Crippen LogP contribution in [0.2, 0.25) is 0 Å². The van der Waals surface area contributed by atoms with E-state index in [0.717, 1.165) is 5.56 Å². The molecule has 0 aliphatic heterocycles. The van der Waals surface area contributed by atoms with Crippen LogP contribution < -0.4 is 10.5 Å². The zero-order chi connectivity index (χ0) is 11.4. The number of rotatable bonds is 4. The van der Waals surface area contributed by atoms with Crippen molar-refractivity contribution in [2.75, 3.05) is 6.54 Å². The van der Waals surface area contributed by atoms with Gasteiger partial charge in [0.05, 0.1) is 0 Å². The van der Waals surface area contributed by atoms with Gasteiger partial charge in [0.25, 0.3) is 0 Å². The lowest BCUT2D eigenvalue weighted by molar-refractivity contribution is 0.195. The van der Waals surface area contributed by atoms with Crippen molar-refractivity contribution in [2.24, 2.45) is 12.8 Å². The summed E-state index contributed by atoms with van der Waals surface area (Å²) < 4.78 is 7.19. The number of aryl methyl sites for hydroxylation is 1. The van der Waals surface area contributed by atoms with Gasteiger partial charge in [0, 0.05) is 13.6 Å². The molecule has 0 spiro atoms. The maximum atomic E-state index is 5.67. The van der Waals surface area contributed by atoms with E-state index in [4.69, 9.17) is 10.5 Å². The third-order valence-corrected chi connectivity index (χ3v) is 2.21. The lowest BCUT2D eigenvalue weighted by atomic mass is 10.1. The first kappa shape index (κ1) is 10.6. The Labute approximate surface area is 93.9 Å². The van der Waals surface area contributed by atoms with Crippen LogP contribution in [-0.2, 0) is 7.05 Å². The first-order valence-electron chi connectivity index (χ1n) is 5.07. The van der Waals surface area contributed by atoms with Gasteiger partial charge >= 0.3 is 6.01 Å². The summed E-state index contributed by atoms with van der Waals surface area (Å²) in [6, 6.07) is 10.2. The van der Waals surface area contributed by atoms with Gasteiger partial charge in [0.15, 0.2) is 0 Å². The van der Waals surface area contributed by atoms with Gasteiger partial charge < -0.3 is 10.5 Å². The van der Waals surface area contributed by atoms with Crippen molar-refractivity contribution < 1.29 is 4.74 Å². The number of aromatic nitrogens is 3. The van der Waals surface area contributed by atoms with Crippen LogP contribution in [0.3, 0.4) is 0 Å². The molecular formula is C11H14N4O. The molecule has 1 atom stereocenters. The van der Waals surface area contributed by atoms with Crippen LogP contribution in [0.4, 0.5) is 0 Å². The number of hydrogen-bond donors (Lipinski definition) is 1. The van der Waals surface area contributed by atoms with Crippen LogP contribution in [0.25, 0.3) is 0 Å². The van der Waals surface area contributed by atoms with Gasteiger partial charge in [-0.1, -0.05) is 30.3 Å². The molecule has 0 amide bonds. The van der Waals surface area contributed by atoms with E-state index >= 15 is 0 Å². The van der Waals surface area contributed by atoms with E-state index in [9.17, 15) is 0 Å². The SMILES string of the molecule is Cn1cnc(OC(CN)c2ccccc2)n1. The van der Waals surface area contributed by atoms with Gasteiger partial charge in [0.2, 0.25) is 0 Å². The summed E-state index contributed by atoms with van der Waals surface area (Å²) in [6.45, 7) is 0.391. The van der Waals surface area contributed by atoms with Crippen LogP contribution >= 0.6 is 0 Å². The Morgan fingerprint density at radius 1 is 1.38 bits per heavy atom. The van der Waals surface area contributed by atoms with Crippen molar-refractivity contribution in [1.29, 1.82) is 0 Å². The van der Waals surface area contributed by atoms with Crippen molar-refractivity contribution in [3.05, 3.63) is 42.2 Å². The first-order chi connectivity index (χ1) is 7.79. The zero-order valence-corrected chi connectivity index (χ0v) is 9.08. The predicted octanol–water partition coefficient (Wildman–Crippen LogP) is 0.894. The fraction of sp³-hybridized carbons (Fsp3) is 0.273. The van der Waals surface area contributed by atoms with Crippen molar-refractivity contribution in [1.82, 2.24) is 14.8 Å². The molecular weight excluding hydrogens is 204 g/mol. The molecule has 2 N–H and O–H groups in total. The Balaban J connectivity index is 2.12. The van der Waals surface area contributed by atoms with Crippen molar-refractivity contribution >= 4 is 0 Å². The molecule has 1 aromatic heterocycles. The zero-order valence-electron chi connectivity index (χ0n) is 9.08. The summed E-state index contributed by atoms with van der Waals surface area (Å²) in [4.78, 5) is 4.00. The summed E-state index contributed by atoms with van der Waals surface area (Å²) in [5.74, 6) is 0. The highest BCUT2D eigenvalue weighted by atomic mass is 16.5. The van der Waals surface area contributed by atoms with E-state index in [1.54, 1.807) is 18.1 Å². The number of nitrogens with two attached hydrogens (primary N) is 1. The quantitative estimate of drug-likeness (QED) is 0.827. The fourth-order valence-electron chi connectivity index (χ4n) is 1.42. The third-order valence-electron chi connectivity index (χ3n) is 2.21. The smallest absolute Gasteiger partial charge is 0.336 e. The highest BCUT2D eigenvalue weighted by Gasteiger charge is 2.12. The molecule has 84 valence electrons. The summed E-state index contributed by atoms with van der Waals surface area (Å²) >= 11 is 0. The second-order valence-electron chi connectivity index (χ2n) is 3.45. The molecule has 0 radical (unpaired) electrons. The molecule has 2 rings (SSSR count). The van der Waals surface area contributed by atoms with Gasteiger partial charge in [-0.25, -0.2) is 0 Å². The lowest BCUT2D eigenvalue weighted by Crippen LogP contribution is -2.19. The second kappa shape index (κ2) is 4.76. The van der Waals surface area contributed by atoms with Crippen molar-refractivity contribution in [2.45, 2.75) is 6.10 Å². The van der Waals surface area contributed by atoms with Gasteiger partial charge in [0.1, 0.15) is 12.4 Å². The Bertz CT molecular complexity index is 440. The molecule has 1 heterocycles. The number of nitrogens with zero attached hydrogens (tertiary/aromatic N) is 3. The average Bonchev–Trinajstić information content (AvgIpc) is 2.73. The molecule has 1 unspecified atom stereocenters. The predicted molar refractivity (Wildman–Crippen MR) is 59.9 cm³/mol. The number of benzene rings is 1. The first-order valence-corrected chi connectivity index (χ1v) is 5.07. The molecule has 16 heavy (non-hydrogen) atoms. The fourth-order valence-corrected chi connectivity index (χ4v) is 1.42. The number of ether oxygens (including phenoxy) is 1. The largest absolute Gasteiger partial charge is 0.453 e. The van der Waals surface area contributed by atoms with E-state index in [2.05, 4.69) is 10.1 Å². The monoisotopic (exact) mass is 218 g/mol. The van der Waals surface area contributed by atoms with Crippen LogP contribution in [0.1, 0.15) is 11.7 Å². The molecule has 2 aromatic rings. The van der Waals surface area contributed by atoms with Gasteiger partial charge in [-0.05, 0) is 5.56 Å². The topological polar surface area (TPSA) is 66.0 Å². The highest BCUT2D eigenvalue weighted by Crippen LogP contribution is 2.17. The molecule has 5 nitrogen and oxygen atoms in total. The molecule has 5 heteroatoms. The normalized spacial score (nSPS) is 12.4. The molecule has 0 saturated heterocycles. The van der Waals surface area contributed by atoms with Crippen LogP contribution in [-0.4, -0.2) is 21.3 Å². The number of hydrogen-bond acceptors (Lipinski definition) is 4. The van der Waals surface area contributed by atoms with Crippen LogP contribution in [0.15, 0.2) is 36.7 Å². The molecule has 0 aliphatic carbocycles. The minimum absolute atomic E-state index is 0.205. The lowest BCUT2D eigenvalue weighted by Gasteiger charge is -2.14. The maximum Gasteiger partial charge on any atom is 0.336 e. The van der Waals surface area contributed by atoms with Crippen LogP contribution in [0, 0.1) is 0 Å². The summed E-state index contributed by atoms with van der Waals surface area (Å²) in [6.07, 6.45) is 1.39. The van der Waals surface area contributed by atoms with Crippen molar-refractivity contribution in [3.63, 3.8) is 0 Å². The van der Waals surface area contributed by atoms with E-state index in [0.29, 0.717) is 12.6 Å². The molecule has 0 aliphatic rings. The standard InChI is InChI=1S/C11H14N4O/c1-15-8-13-11(14-15)16-10(7-12)9-5-3-2-4-6-9/h2-6,8,10H,7,12H2,1H3. The van der Waals surface area contributed by atoms with E-state index in [1.807, 2.05) is 30.3 Å². The van der Waals surface area contributed by atoms with Gasteiger partial charge in [-0.2, -0.15) is 4.98 Å². The Morgan fingerprint density at radius 3 is 2.69 bits per heavy atom. The molecule has 0 saturated carbocycles. The minimum atomic E-state index is -0.205. The minimum Gasteiger partial charge on any atom is -0.453 e. The van der Waals surface area contributed by atoms with Crippen molar-refractivity contribution in [3.8, 4) is 6.01 Å². The van der Waals surface area contributed by atoms with E-state index in [1.165, 1.54) is 0 Å². The summed E-state index contributed by atoms with van der Waals surface area (Å²) in [7, 11) is 1.79. The van der Waals surface area contributed by atoms with Crippen LogP contribution in [0.5, 0.6) is 6.01 Å². The Kier molecular flexibility index (Phi) is 3.16. The summed E-state index contributed by atoms with van der Waals surface area (Å²) in [5.41, 5.74) is 6.70. The average molecular weight is 218 g/mol. The highest BCUT2D eigenvalue weighted by molar-refractivity contribution is 5.18. The van der Waals surface area contributed by atoms with Gasteiger partial charge in [-0.3, -0.25) is 4.68 Å².